The van der Waals surface area contributed by atoms with Crippen molar-refractivity contribution in [3.63, 3.8) is 0 Å². The lowest BCUT2D eigenvalue weighted by molar-refractivity contribution is 0.473. The molecule has 13 heavy (non-hydrogen) atoms. The Labute approximate surface area is 76.7 Å². The molecule has 0 spiro atoms. The Morgan fingerprint density at radius 1 is 1.31 bits per heavy atom. The van der Waals surface area contributed by atoms with Crippen molar-refractivity contribution >= 4 is 11.3 Å². The van der Waals surface area contributed by atoms with Gasteiger partial charge < -0.3 is 5.11 Å². The molecular formula is C7H4FN3OS. The smallest absolute Gasteiger partial charge is 0.289 e. The minimum atomic E-state index is -0.599. The maximum atomic E-state index is 12.5. The fraction of sp³-hybridized carbons (Fsp3) is 0. The quantitative estimate of drug-likeness (QED) is 0.751. The average molecular weight is 197 g/mol. The molecule has 0 aliphatic heterocycles. The summed E-state index contributed by atoms with van der Waals surface area (Å²) in [5.41, 5.74) is 0.557. The summed E-state index contributed by atoms with van der Waals surface area (Å²) < 4.78 is 12.5. The van der Waals surface area contributed by atoms with Crippen LogP contribution in [0.3, 0.4) is 0 Å². The lowest BCUT2D eigenvalue weighted by atomic mass is 10.3. The van der Waals surface area contributed by atoms with Crippen LogP contribution in [-0.2, 0) is 0 Å². The van der Waals surface area contributed by atoms with E-state index in [1.165, 1.54) is 18.5 Å². The van der Waals surface area contributed by atoms with Crippen molar-refractivity contribution in [2.75, 3.05) is 0 Å². The van der Waals surface area contributed by atoms with E-state index in [2.05, 4.69) is 15.2 Å². The highest BCUT2D eigenvalue weighted by atomic mass is 32.1. The number of hydrogen-bond donors (Lipinski definition) is 1. The maximum absolute atomic E-state index is 12.5. The van der Waals surface area contributed by atoms with Crippen molar-refractivity contribution in [3.8, 4) is 16.3 Å². The largest absolute Gasteiger partial charge is 0.506 e. The molecule has 0 aliphatic rings. The first-order valence-corrected chi connectivity index (χ1v) is 4.21. The Kier molecular flexibility index (Phi) is 1.90. The number of hydrogen-bond acceptors (Lipinski definition) is 5. The number of rotatable bonds is 1. The number of nitrogens with zero attached hydrogens (tertiary/aromatic N) is 3. The Bertz CT molecular complexity index is 431. The SMILES string of the molecule is Oc1cncc(-c2nnc(F)s2)c1. The molecule has 2 aromatic heterocycles. The first kappa shape index (κ1) is 8.06. The molecule has 0 unspecified atom stereocenters. The van der Waals surface area contributed by atoms with E-state index in [0.29, 0.717) is 10.6 Å². The van der Waals surface area contributed by atoms with Gasteiger partial charge in [-0.05, 0) is 6.07 Å². The van der Waals surface area contributed by atoms with Gasteiger partial charge in [0.1, 0.15) is 5.75 Å². The third kappa shape index (κ3) is 1.62. The molecule has 1 N–H and O–H groups in total. The zero-order chi connectivity index (χ0) is 9.26. The van der Waals surface area contributed by atoms with E-state index < -0.39 is 5.26 Å². The molecule has 4 nitrogen and oxygen atoms in total. The highest BCUT2D eigenvalue weighted by Gasteiger charge is 2.06. The molecule has 2 heterocycles. The first-order valence-electron chi connectivity index (χ1n) is 3.39. The molecule has 66 valence electrons. The topological polar surface area (TPSA) is 58.9 Å². The van der Waals surface area contributed by atoms with Gasteiger partial charge in [0.05, 0.1) is 6.20 Å². The summed E-state index contributed by atoms with van der Waals surface area (Å²) in [6, 6.07) is 1.45. The average Bonchev–Trinajstić information content (AvgIpc) is 2.52. The summed E-state index contributed by atoms with van der Waals surface area (Å²) in [5, 5.41) is 15.7. The summed E-state index contributed by atoms with van der Waals surface area (Å²) in [6.45, 7) is 0. The van der Waals surface area contributed by atoms with Gasteiger partial charge >= 0.3 is 0 Å². The summed E-state index contributed by atoms with van der Waals surface area (Å²) in [6.07, 6.45) is 2.78. The van der Waals surface area contributed by atoms with Gasteiger partial charge in [-0.2, -0.15) is 4.39 Å². The second-order valence-electron chi connectivity index (χ2n) is 2.29. The van der Waals surface area contributed by atoms with E-state index in [-0.39, 0.29) is 5.75 Å². The molecule has 6 heteroatoms. The van der Waals surface area contributed by atoms with Crippen molar-refractivity contribution in [2.45, 2.75) is 0 Å². The van der Waals surface area contributed by atoms with Gasteiger partial charge in [-0.3, -0.25) is 4.98 Å². The molecule has 0 radical (unpaired) electrons. The van der Waals surface area contributed by atoms with Crippen molar-refractivity contribution in [2.24, 2.45) is 0 Å². The van der Waals surface area contributed by atoms with E-state index >= 15 is 0 Å². The lowest BCUT2D eigenvalue weighted by Gasteiger charge is -1.93. The van der Waals surface area contributed by atoms with Crippen LogP contribution in [-0.4, -0.2) is 20.3 Å². The van der Waals surface area contributed by atoms with E-state index in [0.717, 1.165) is 11.3 Å². The van der Waals surface area contributed by atoms with E-state index in [9.17, 15) is 4.39 Å². The molecule has 0 saturated carbocycles. The molecule has 2 aromatic rings. The van der Waals surface area contributed by atoms with Crippen LogP contribution in [0.1, 0.15) is 0 Å². The molecule has 0 saturated heterocycles. The van der Waals surface area contributed by atoms with Gasteiger partial charge in [0.25, 0.3) is 5.26 Å². The van der Waals surface area contributed by atoms with Crippen LogP contribution in [0.5, 0.6) is 5.75 Å². The summed E-state index contributed by atoms with van der Waals surface area (Å²) in [4.78, 5) is 3.74. The zero-order valence-corrected chi connectivity index (χ0v) is 7.12. The van der Waals surface area contributed by atoms with Gasteiger partial charge in [-0.25, -0.2) is 0 Å². The second kappa shape index (κ2) is 3.06. The van der Waals surface area contributed by atoms with E-state index in [1.54, 1.807) is 0 Å². The molecule has 0 atom stereocenters. The number of pyridine rings is 1. The molecule has 0 aliphatic carbocycles. The Hall–Kier alpha value is -1.56. The molecule has 0 fully saturated rings. The number of aromatic hydroxyl groups is 1. The van der Waals surface area contributed by atoms with Crippen LogP contribution in [0.25, 0.3) is 10.6 Å². The Balaban J connectivity index is 2.46. The second-order valence-corrected chi connectivity index (χ2v) is 3.22. The highest BCUT2D eigenvalue weighted by Crippen LogP contribution is 2.24. The molecule has 0 aromatic carbocycles. The van der Waals surface area contributed by atoms with Crippen LogP contribution in [0, 0.1) is 5.26 Å². The third-order valence-corrected chi connectivity index (χ3v) is 2.13. The van der Waals surface area contributed by atoms with Gasteiger partial charge in [-0.15, -0.1) is 10.2 Å². The fourth-order valence-electron chi connectivity index (χ4n) is 0.867. The van der Waals surface area contributed by atoms with Crippen molar-refractivity contribution < 1.29 is 9.50 Å². The lowest BCUT2D eigenvalue weighted by Crippen LogP contribution is -1.78. The predicted octanol–water partition coefficient (Wildman–Crippen LogP) is 1.44. The molecule has 0 bridgehead atoms. The van der Waals surface area contributed by atoms with Crippen molar-refractivity contribution in [1.29, 1.82) is 0 Å². The summed E-state index contributed by atoms with van der Waals surface area (Å²) in [5.74, 6) is 0.0214. The van der Waals surface area contributed by atoms with Gasteiger partial charge in [-0.1, -0.05) is 11.3 Å². The van der Waals surface area contributed by atoms with Crippen molar-refractivity contribution in [3.05, 3.63) is 23.7 Å². The molecule has 0 amide bonds. The van der Waals surface area contributed by atoms with E-state index in [4.69, 9.17) is 5.11 Å². The third-order valence-electron chi connectivity index (χ3n) is 1.37. The molecular weight excluding hydrogens is 193 g/mol. The first-order chi connectivity index (χ1) is 6.25. The minimum Gasteiger partial charge on any atom is -0.506 e. The predicted molar refractivity (Wildman–Crippen MR) is 44.8 cm³/mol. The number of halogens is 1. The van der Waals surface area contributed by atoms with Crippen LogP contribution in [0.4, 0.5) is 4.39 Å². The maximum Gasteiger partial charge on any atom is 0.289 e. The Morgan fingerprint density at radius 2 is 2.15 bits per heavy atom. The Morgan fingerprint density at radius 3 is 2.77 bits per heavy atom. The van der Waals surface area contributed by atoms with Crippen LogP contribution < -0.4 is 0 Å². The highest BCUT2D eigenvalue weighted by molar-refractivity contribution is 7.13. The standard InChI is InChI=1S/C7H4FN3OS/c8-7-11-10-6(13-7)4-1-5(12)3-9-2-4/h1-3,12H. The summed E-state index contributed by atoms with van der Waals surface area (Å²) >= 11 is 0.810. The van der Waals surface area contributed by atoms with Crippen LogP contribution >= 0.6 is 11.3 Å². The van der Waals surface area contributed by atoms with Crippen LogP contribution in [0.2, 0.25) is 0 Å². The molecule has 2 rings (SSSR count). The van der Waals surface area contributed by atoms with Gasteiger partial charge in [0.15, 0.2) is 5.01 Å². The monoisotopic (exact) mass is 197 g/mol. The fourth-order valence-corrected chi connectivity index (χ4v) is 1.42. The zero-order valence-electron chi connectivity index (χ0n) is 6.31. The van der Waals surface area contributed by atoms with Gasteiger partial charge in [0, 0.05) is 11.8 Å². The normalized spacial score (nSPS) is 10.2. The minimum absolute atomic E-state index is 0.0214. The van der Waals surface area contributed by atoms with Crippen molar-refractivity contribution in [1.82, 2.24) is 15.2 Å². The van der Waals surface area contributed by atoms with Gasteiger partial charge in [0.2, 0.25) is 0 Å². The van der Waals surface area contributed by atoms with Crippen LogP contribution in [0.15, 0.2) is 18.5 Å². The summed E-state index contributed by atoms with van der Waals surface area (Å²) in [7, 11) is 0. The van der Waals surface area contributed by atoms with E-state index in [1.807, 2.05) is 0 Å². The number of aromatic nitrogens is 3.